The van der Waals surface area contributed by atoms with Crippen molar-refractivity contribution in [2.45, 2.75) is 19.3 Å². The van der Waals surface area contributed by atoms with Gasteiger partial charge in [-0.25, -0.2) is 0 Å². The first-order valence-electron chi connectivity index (χ1n) is 6.02. The van der Waals surface area contributed by atoms with Crippen molar-refractivity contribution in [2.75, 3.05) is 13.1 Å². The van der Waals surface area contributed by atoms with Gasteiger partial charge in [-0.05, 0) is 49.6 Å². The average Bonchev–Trinajstić information content (AvgIpc) is 2.88. The van der Waals surface area contributed by atoms with E-state index in [0.717, 1.165) is 13.1 Å². The Morgan fingerprint density at radius 3 is 2.94 bits per heavy atom. The van der Waals surface area contributed by atoms with Gasteiger partial charge in [0.25, 0.3) is 0 Å². The number of nitrogens with one attached hydrogen (secondary N) is 1. The molecule has 1 unspecified atom stereocenters. The molecule has 3 rings (SSSR count). The second-order valence-corrected chi connectivity index (χ2v) is 4.85. The van der Waals surface area contributed by atoms with Crippen LogP contribution in [0.1, 0.15) is 23.6 Å². The van der Waals surface area contributed by atoms with Crippen LogP contribution in [-0.2, 0) is 7.05 Å². The third kappa shape index (κ3) is 1.45. The SMILES string of the molecule is Cc1cc2cc(C3CCNC3)ccc2n1C. The fourth-order valence-electron chi connectivity index (χ4n) is 2.70. The number of hydrogen-bond donors (Lipinski definition) is 1. The minimum absolute atomic E-state index is 0.713. The van der Waals surface area contributed by atoms with Crippen LogP contribution in [0, 0.1) is 6.92 Å². The van der Waals surface area contributed by atoms with Gasteiger partial charge in [0.05, 0.1) is 0 Å². The number of hydrogen-bond acceptors (Lipinski definition) is 1. The van der Waals surface area contributed by atoms with Gasteiger partial charge in [0.2, 0.25) is 0 Å². The maximum absolute atomic E-state index is 3.43. The van der Waals surface area contributed by atoms with E-state index >= 15 is 0 Å². The zero-order valence-electron chi connectivity index (χ0n) is 9.96. The van der Waals surface area contributed by atoms with Crippen LogP contribution in [0.4, 0.5) is 0 Å². The Morgan fingerprint density at radius 2 is 2.19 bits per heavy atom. The summed E-state index contributed by atoms with van der Waals surface area (Å²) < 4.78 is 2.26. The second kappa shape index (κ2) is 3.63. The molecule has 1 aromatic carbocycles. The molecule has 84 valence electrons. The molecule has 1 fully saturated rings. The molecule has 0 spiro atoms. The van der Waals surface area contributed by atoms with Crippen LogP contribution in [0.5, 0.6) is 0 Å². The molecule has 1 N–H and O–H groups in total. The molecule has 16 heavy (non-hydrogen) atoms. The molecule has 0 aliphatic carbocycles. The molecule has 1 saturated heterocycles. The standard InChI is InChI=1S/C14H18N2/c1-10-7-13-8-11(12-5-6-15-9-12)3-4-14(13)16(10)2/h3-4,7-8,12,15H,5-6,9H2,1-2H3. The molecule has 0 radical (unpaired) electrons. The number of benzene rings is 1. The van der Waals surface area contributed by atoms with Crippen LogP contribution < -0.4 is 5.32 Å². The molecule has 0 saturated carbocycles. The van der Waals surface area contributed by atoms with Crippen LogP contribution in [0.2, 0.25) is 0 Å². The van der Waals surface area contributed by atoms with E-state index in [0.29, 0.717) is 5.92 Å². The Bertz CT molecular complexity index is 519. The van der Waals surface area contributed by atoms with Crippen molar-refractivity contribution in [3.8, 4) is 0 Å². The average molecular weight is 214 g/mol. The molecule has 2 heteroatoms. The fourth-order valence-corrected chi connectivity index (χ4v) is 2.70. The van der Waals surface area contributed by atoms with Crippen LogP contribution in [0.15, 0.2) is 24.3 Å². The van der Waals surface area contributed by atoms with Crippen molar-refractivity contribution >= 4 is 10.9 Å². The minimum Gasteiger partial charge on any atom is -0.348 e. The molecular formula is C14H18N2. The van der Waals surface area contributed by atoms with Gasteiger partial charge in [0.15, 0.2) is 0 Å². The van der Waals surface area contributed by atoms with Crippen LogP contribution in [0.3, 0.4) is 0 Å². The van der Waals surface area contributed by atoms with Crippen LogP contribution >= 0.6 is 0 Å². The van der Waals surface area contributed by atoms with Crippen molar-refractivity contribution in [3.05, 3.63) is 35.5 Å². The molecule has 0 amide bonds. The third-order valence-corrected chi connectivity index (χ3v) is 3.84. The third-order valence-electron chi connectivity index (χ3n) is 3.84. The molecule has 2 heterocycles. The first kappa shape index (κ1) is 9.91. The predicted molar refractivity (Wildman–Crippen MR) is 67.9 cm³/mol. The Hall–Kier alpha value is -1.28. The lowest BCUT2D eigenvalue weighted by molar-refractivity contribution is 0.764. The monoisotopic (exact) mass is 214 g/mol. The number of fused-ring (bicyclic) bond motifs is 1. The highest BCUT2D eigenvalue weighted by Gasteiger charge is 2.17. The summed E-state index contributed by atoms with van der Waals surface area (Å²) in [5.41, 5.74) is 4.16. The molecule has 2 aromatic rings. The highest BCUT2D eigenvalue weighted by atomic mass is 14.9. The van der Waals surface area contributed by atoms with Crippen LogP contribution in [0.25, 0.3) is 10.9 Å². The fraction of sp³-hybridized carbons (Fsp3) is 0.429. The largest absolute Gasteiger partial charge is 0.348 e. The first-order chi connectivity index (χ1) is 7.75. The molecule has 0 bridgehead atoms. The van der Waals surface area contributed by atoms with Crippen molar-refractivity contribution in [1.29, 1.82) is 0 Å². The summed E-state index contributed by atoms with van der Waals surface area (Å²) in [5, 5.41) is 4.81. The van der Waals surface area contributed by atoms with E-state index in [4.69, 9.17) is 0 Å². The van der Waals surface area contributed by atoms with Crippen molar-refractivity contribution in [3.63, 3.8) is 0 Å². The molecule has 1 aliphatic rings. The van der Waals surface area contributed by atoms with Gasteiger partial charge in [-0.1, -0.05) is 6.07 Å². The smallest absolute Gasteiger partial charge is 0.0479 e. The summed E-state index contributed by atoms with van der Waals surface area (Å²) in [5.74, 6) is 0.713. The van der Waals surface area contributed by atoms with Crippen LogP contribution in [-0.4, -0.2) is 17.7 Å². The van der Waals surface area contributed by atoms with Crippen molar-refractivity contribution in [2.24, 2.45) is 7.05 Å². The van der Waals surface area contributed by atoms with E-state index in [2.05, 4.69) is 48.1 Å². The topological polar surface area (TPSA) is 17.0 Å². The summed E-state index contributed by atoms with van der Waals surface area (Å²) >= 11 is 0. The predicted octanol–water partition coefficient (Wildman–Crippen LogP) is 2.56. The zero-order chi connectivity index (χ0) is 11.1. The summed E-state index contributed by atoms with van der Waals surface area (Å²) in [4.78, 5) is 0. The zero-order valence-corrected chi connectivity index (χ0v) is 9.96. The van der Waals surface area contributed by atoms with Crippen molar-refractivity contribution < 1.29 is 0 Å². The van der Waals surface area contributed by atoms with Gasteiger partial charge in [-0.3, -0.25) is 0 Å². The molecular weight excluding hydrogens is 196 g/mol. The number of aromatic nitrogens is 1. The normalized spacial score (nSPS) is 20.8. The van der Waals surface area contributed by atoms with Crippen molar-refractivity contribution in [1.82, 2.24) is 9.88 Å². The highest BCUT2D eigenvalue weighted by Crippen LogP contribution is 2.27. The number of aryl methyl sites for hydroxylation is 2. The maximum atomic E-state index is 3.43. The minimum atomic E-state index is 0.713. The van der Waals surface area contributed by atoms with E-state index in [-0.39, 0.29) is 0 Å². The summed E-state index contributed by atoms with van der Waals surface area (Å²) in [6.45, 7) is 4.46. The number of nitrogens with zero attached hydrogens (tertiary/aromatic N) is 1. The Balaban J connectivity index is 2.08. The van der Waals surface area contributed by atoms with E-state index in [9.17, 15) is 0 Å². The number of rotatable bonds is 1. The van der Waals surface area contributed by atoms with Gasteiger partial charge in [0.1, 0.15) is 0 Å². The molecule has 2 nitrogen and oxygen atoms in total. The van der Waals surface area contributed by atoms with E-state index in [1.165, 1.54) is 28.6 Å². The Labute approximate surface area is 96.3 Å². The maximum Gasteiger partial charge on any atom is 0.0479 e. The second-order valence-electron chi connectivity index (χ2n) is 4.85. The molecule has 1 aliphatic heterocycles. The molecule has 1 atom stereocenters. The Kier molecular flexibility index (Phi) is 2.25. The first-order valence-corrected chi connectivity index (χ1v) is 6.02. The summed E-state index contributed by atoms with van der Waals surface area (Å²) in [6.07, 6.45) is 1.28. The van der Waals surface area contributed by atoms with Gasteiger partial charge in [-0.2, -0.15) is 0 Å². The van der Waals surface area contributed by atoms with Gasteiger partial charge in [0, 0.05) is 30.2 Å². The summed E-state index contributed by atoms with van der Waals surface area (Å²) in [7, 11) is 2.13. The Morgan fingerprint density at radius 1 is 1.31 bits per heavy atom. The van der Waals surface area contributed by atoms with Gasteiger partial charge < -0.3 is 9.88 Å². The quantitative estimate of drug-likeness (QED) is 0.772. The molecule has 1 aromatic heterocycles. The summed E-state index contributed by atoms with van der Waals surface area (Å²) in [6, 6.07) is 9.19. The van der Waals surface area contributed by atoms with Gasteiger partial charge >= 0.3 is 0 Å². The van der Waals surface area contributed by atoms with E-state index < -0.39 is 0 Å². The van der Waals surface area contributed by atoms with Gasteiger partial charge in [-0.15, -0.1) is 0 Å². The lowest BCUT2D eigenvalue weighted by Gasteiger charge is -2.08. The van der Waals surface area contributed by atoms with E-state index in [1.54, 1.807) is 0 Å². The van der Waals surface area contributed by atoms with E-state index in [1.807, 2.05) is 0 Å². The lowest BCUT2D eigenvalue weighted by atomic mass is 9.97. The lowest BCUT2D eigenvalue weighted by Crippen LogP contribution is -2.07. The highest BCUT2D eigenvalue weighted by molar-refractivity contribution is 5.82.